The number of carbonyl (C=O) groups excluding carboxylic acids is 1. The van der Waals surface area contributed by atoms with Crippen LogP contribution >= 0.6 is 0 Å². The average Bonchev–Trinajstić information content (AvgIpc) is 2.39. The quantitative estimate of drug-likeness (QED) is 0.654. The maximum atomic E-state index is 11.7. The van der Waals surface area contributed by atoms with Crippen molar-refractivity contribution in [1.82, 2.24) is 4.90 Å². The number of piperidine rings is 1. The highest BCUT2D eigenvalue weighted by atomic mass is 16.4. The van der Waals surface area contributed by atoms with E-state index in [9.17, 15) is 9.59 Å². The normalized spacial score (nSPS) is 19.7. The van der Waals surface area contributed by atoms with E-state index in [2.05, 4.69) is 6.92 Å². The maximum Gasteiger partial charge on any atom is 0.308 e. The molecule has 0 radical (unpaired) electrons. The Labute approximate surface area is 116 Å². The Morgan fingerprint density at radius 2 is 1.84 bits per heavy atom. The topological polar surface area (TPSA) is 57.6 Å². The molecular weight excluding hydrogens is 242 g/mol. The zero-order chi connectivity index (χ0) is 14.1. The Hall–Kier alpha value is -1.06. The first-order chi connectivity index (χ1) is 9.15. The minimum absolute atomic E-state index is 0.128. The lowest BCUT2D eigenvalue weighted by Crippen LogP contribution is -2.42. The van der Waals surface area contributed by atoms with Crippen molar-refractivity contribution in [2.75, 3.05) is 13.1 Å². The number of likely N-dealkylation sites (tertiary alicyclic amines) is 1. The molecule has 0 spiro atoms. The molecule has 1 saturated heterocycles. The zero-order valence-electron chi connectivity index (χ0n) is 12.1. The molecule has 110 valence electrons. The van der Waals surface area contributed by atoms with Gasteiger partial charge in [0.2, 0.25) is 5.91 Å². The van der Waals surface area contributed by atoms with E-state index in [1.807, 2.05) is 0 Å². The lowest BCUT2D eigenvalue weighted by Gasteiger charge is -2.30. The number of carboxylic acids is 1. The fourth-order valence-electron chi connectivity index (χ4n) is 2.59. The second kappa shape index (κ2) is 8.94. The highest BCUT2D eigenvalue weighted by Crippen LogP contribution is 2.18. The van der Waals surface area contributed by atoms with E-state index in [1.165, 1.54) is 32.1 Å². The molecule has 1 aliphatic heterocycles. The molecule has 1 fully saturated rings. The molecular formula is C15H27NO3. The predicted octanol–water partition coefficient (Wildman–Crippen LogP) is 3.06. The standard InChI is InChI=1S/C15H27NO3/c1-2-3-4-5-6-7-8-11-16-12-13(15(18)19)9-10-14(16)17/h13H,2-12H2,1H3,(H,18,19). The van der Waals surface area contributed by atoms with E-state index < -0.39 is 5.97 Å². The number of nitrogens with zero attached hydrogens (tertiary/aromatic N) is 1. The molecule has 4 nitrogen and oxygen atoms in total. The van der Waals surface area contributed by atoms with Gasteiger partial charge < -0.3 is 10.0 Å². The van der Waals surface area contributed by atoms with Crippen molar-refractivity contribution < 1.29 is 14.7 Å². The van der Waals surface area contributed by atoms with Crippen LogP contribution < -0.4 is 0 Å². The molecule has 1 atom stereocenters. The van der Waals surface area contributed by atoms with Crippen LogP contribution in [0, 0.1) is 5.92 Å². The molecule has 1 heterocycles. The lowest BCUT2D eigenvalue weighted by atomic mass is 9.97. The Morgan fingerprint density at radius 3 is 2.47 bits per heavy atom. The van der Waals surface area contributed by atoms with Gasteiger partial charge >= 0.3 is 5.97 Å². The number of amides is 1. The summed E-state index contributed by atoms with van der Waals surface area (Å²) in [5.74, 6) is -0.997. The van der Waals surface area contributed by atoms with E-state index in [0.29, 0.717) is 19.4 Å². The first kappa shape index (κ1) is 16.0. The summed E-state index contributed by atoms with van der Waals surface area (Å²) >= 11 is 0. The van der Waals surface area contributed by atoms with Crippen LogP contribution in [-0.4, -0.2) is 35.0 Å². The van der Waals surface area contributed by atoms with Gasteiger partial charge in [-0.15, -0.1) is 0 Å². The van der Waals surface area contributed by atoms with Gasteiger partial charge in [0.25, 0.3) is 0 Å². The number of hydrogen-bond acceptors (Lipinski definition) is 2. The fourth-order valence-corrected chi connectivity index (χ4v) is 2.59. The Balaban J connectivity index is 2.13. The third-order valence-electron chi connectivity index (χ3n) is 3.88. The van der Waals surface area contributed by atoms with Crippen molar-refractivity contribution in [3.05, 3.63) is 0 Å². The third kappa shape index (κ3) is 6.08. The summed E-state index contributed by atoms with van der Waals surface area (Å²) in [7, 11) is 0. The molecule has 1 amide bonds. The second-order valence-corrected chi connectivity index (χ2v) is 5.53. The summed E-state index contributed by atoms with van der Waals surface area (Å²) in [5, 5.41) is 9.00. The lowest BCUT2D eigenvalue weighted by molar-refractivity contribution is -0.147. The van der Waals surface area contributed by atoms with Gasteiger partial charge in [-0.2, -0.15) is 0 Å². The zero-order valence-corrected chi connectivity index (χ0v) is 12.1. The minimum atomic E-state index is -0.767. The van der Waals surface area contributed by atoms with E-state index in [4.69, 9.17) is 5.11 Å². The van der Waals surface area contributed by atoms with E-state index in [1.54, 1.807) is 4.90 Å². The van der Waals surface area contributed by atoms with Crippen molar-refractivity contribution in [3.8, 4) is 0 Å². The molecule has 19 heavy (non-hydrogen) atoms. The van der Waals surface area contributed by atoms with Crippen LogP contribution in [0.1, 0.15) is 64.7 Å². The van der Waals surface area contributed by atoms with Crippen molar-refractivity contribution >= 4 is 11.9 Å². The smallest absolute Gasteiger partial charge is 0.308 e. The van der Waals surface area contributed by atoms with E-state index >= 15 is 0 Å². The van der Waals surface area contributed by atoms with Crippen LogP contribution in [0.3, 0.4) is 0 Å². The van der Waals surface area contributed by atoms with Gasteiger partial charge in [-0.25, -0.2) is 0 Å². The van der Waals surface area contributed by atoms with Gasteiger partial charge in [0.05, 0.1) is 5.92 Å². The summed E-state index contributed by atoms with van der Waals surface area (Å²) in [6.07, 6.45) is 9.43. The van der Waals surface area contributed by atoms with Crippen LogP contribution in [0.25, 0.3) is 0 Å². The van der Waals surface area contributed by atoms with Crippen molar-refractivity contribution in [3.63, 3.8) is 0 Å². The van der Waals surface area contributed by atoms with Crippen LogP contribution in [-0.2, 0) is 9.59 Å². The second-order valence-electron chi connectivity index (χ2n) is 5.53. The first-order valence-corrected chi connectivity index (χ1v) is 7.65. The van der Waals surface area contributed by atoms with Crippen molar-refractivity contribution in [2.45, 2.75) is 64.7 Å². The monoisotopic (exact) mass is 269 g/mol. The van der Waals surface area contributed by atoms with Gasteiger partial charge in [0.1, 0.15) is 0 Å². The number of carbonyl (C=O) groups is 2. The molecule has 0 aliphatic carbocycles. The van der Waals surface area contributed by atoms with Crippen molar-refractivity contribution in [2.24, 2.45) is 5.92 Å². The molecule has 0 aromatic carbocycles. The van der Waals surface area contributed by atoms with Crippen LogP contribution in [0.15, 0.2) is 0 Å². The van der Waals surface area contributed by atoms with Gasteiger partial charge in [0, 0.05) is 19.5 Å². The third-order valence-corrected chi connectivity index (χ3v) is 3.88. The molecule has 0 saturated carbocycles. The van der Waals surface area contributed by atoms with Gasteiger partial charge in [-0.3, -0.25) is 9.59 Å². The molecule has 1 aliphatic rings. The Morgan fingerprint density at radius 1 is 1.21 bits per heavy atom. The molecule has 4 heteroatoms. The van der Waals surface area contributed by atoms with Crippen LogP contribution in [0.2, 0.25) is 0 Å². The van der Waals surface area contributed by atoms with Gasteiger partial charge in [-0.05, 0) is 12.8 Å². The molecule has 0 aromatic heterocycles. The number of aliphatic carboxylic acids is 1. The van der Waals surface area contributed by atoms with Crippen LogP contribution in [0.4, 0.5) is 0 Å². The highest BCUT2D eigenvalue weighted by Gasteiger charge is 2.29. The summed E-state index contributed by atoms with van der Waals surface area (Å²) in [6, 6.07) is 0. The SMILES string of the molecule is CCCCCCCCCN1CC(C(=O)O)CCC1=O. The minimum Gasteiger partial charge on any atom is -0.481 e. The number of rotatable bonds is 9. The molecule has 0 aromatic rings. The van der Waals surface area contributed by atoms with Gasteiger partial charge in [-0.1, -0.05) is 45.4 Å². The number of unbranched alkanes of at least 4 members (excludes halogenated alkanes) is 6. The number of hydrogen-bond donors (Lipinski definition) is 1. The summed E-state index contributed by atoms with van der Waals surface area (Å²) in [5.41, 5.74) is 0. The molecule has 1 N–H and O–H groups in total. The first-order valence-electron chi connectivity index (χ1n) is 7.65. The Bertz CT molecular complexity index is 291. The predicted molar refractivity (Wildman–Crippen MR) is 74.9 cm³/mol. The van der Waals surface area contributed by atoms with Gasteiger partial charge in [0.15, 0.2) is 0 Å². The maximum absolute atomic E-state index is 11.7. The highest BCUT2D eigenvalue weighted by molar-refractivity contribution is 5.80. The van der Waals surface area contributed by atoms with Crippen LogP contribution in [0.5, 0.6) is 0 Å². The largest absolute Gasteiger partial charge is 0.481 e. The molecule has 1 unspecified atom stereocenters. The molecule has 0 bridgehead atoms. The fraction of sp³-hybridized carbons (Fsp3) is 0.867. The van der Waals surface area contributed by atoms with E-state index in [-0.39, 0.29) is 11.8 Å². The molecule has 1 rings (SSSR count). The summed E-state index contributed by atoms with van der Waals surface area (Å²) < 4.78 is 0. The van der Waals surface area contributed by atoms with Crippen molar-refractivity contribution in [1.29, 1.82) is 0 Å². The summed E-state index contributed by atoms with van der Waals surface area (Å²) in [4.78, 5) is 24.4. The Kier molecular flexibility index (Phi) is 7.53. The number of carboxylic acid groups (broad SMARTS) is 1. The van der Waals surface area contributed by atoms with E-state index in [0.717, 1.165) is 19.4 Å². The average molecular weight is 269 g/mol. The summed E-state index contributed by atoms with van der Waals surface area (Å²) in [6.45, 7) is 3.35.